The molecule has 0 aliphatic heterocycles. The van der Waals surface area contributed by atoms with Crippen LogP contribution in [0.15, 0.2) is 11.8 Å². The molecule has 0 spiro atoms. The number of hydrogen-bond donors (Lipinski definition) is 1. The van der Waals surface area contributed by atoms with Gasteiger partial charge in [-0.05, 0) is 19.4 Å². The molecular formula is C4H8O3S. The van der Waals surface area contributed by atoms with Gasteiger partial charge in [0.2, 0.25) is 0 Å². The Bertz CT molecular complexity index is 114. The first-order valence-electron chi connectivity index (χ1n) is 2.04. The van der Waals surface area contributed by atoms with E-state index in [0.717, 1.165) is 5.57 Å². The van der Waals surface area contributed by atoms with Crippen molar-refractivity contribution >= 4 is 11.4 Å². The van der Waals surface area contributed by atoms with Crippen molar-refractivity contribution in [2.75, 3.05) is 0 Å². The molecule has 0 aliphatic carbocycles. The molecule has 0 bridgehead atoms. The number of hydrogen-bond acceptors (Lipinski definition) is 2. The second kappa shape index (κ2) is 3.63. The maximum absolute atomic E-state index is 9.75. The first kappa shape index (κ1) is 7.65. The van der Waals surface area contributed by atoms with E-state index < -0.39 is 11.4 Å². The van der Waals surface area contributed by atoms with E-state index in [-0.39, 0.29) is 0 Å². The monoisotopic (exact) mass is 136 g/mol. The molecule has 4 heteroatoms. The highest BCUT2D eigenvalue weighted by Crippen LogP contribution is 1.89. The van der Waals surface area contributed by atoms with Crippen LogP contribution in [-0.2, 0) is 15.5 Å². The lowest BCUT2D eigenvalue weighted by atomic mass is 10.4. The van der Waals surface area contributed by atoms with Crippen LogP contribution in [0.4, 0.5) is 0 Å². The molecule has 0 aromatic rings. The van der Waals surface area contributed by atoms with Crippen molar-refractivity contribution in [2.24, 2.45) is 0 Å². The Labute approximate surface area is 50.8 Å². The molecule has 8 heavy (non-hydrogen) atoms. The van der Waals surface area contributed by atoms with Gasteiger partial charge in [-0.2, -0.15) is 4.21 Å². The average molecular weight is 136 g/mol. The third-order valence-corrected chi connectivity index (χ3v) is 0.627. The van der Waals surface area contributed by atoms with Crippen molar-refractivity contribution in [1.82, 2.24) is 0 Å². The molecule has 0 saturated carbocycles. The van der Waals surface area contributed by atoms with Crippen LogP contribution in [0.5, 0.6) is 0 Å². The Kier molecular flexibility index (Phi) is 3.47. The zero-order chi connectivity index (χ0) is 6.57. The Balaban J connectivity index is 3.45. The lowest BCUT2D eigenvalue weighted by molar-refractivity contribution is 0.417. The minimum Gasteiger partial charge on any atom is -0.388 e. The van der Waals surface area contributed by atoms with Gasteiger partial charge in [0.05, 0.1) is 0 Å². The number of rotatable bonds is 2. The lowest BCUT2D eigenvalue weighted by Crippen LogP contribution is -1.85. The summed E-state index contributed by atoms with van der Waals surface area (Å²) in [4.78, 5) is 0. The van der Waals surface area contributed by atoms with Crippen LogP contribution in [0.1, 0.15) is 13.8 Å². The van der Waals surface area contributed by atoms with Crippen LogP contribution in [0.25, 0.3) is 0 Å². The molecule has 1 unspecified atom stereocenters. The zero-order valence-corrected chi connectivity index (χ0v) is 5.57. The summed E-state index contributed by atoms with van der Waals surface area (Å²) < 4.78 is 21.9. The molecule has 3 nitrogen and oxygen atoms in total. The van der Waals surface area contributed by atoms with Gasteiger partial charge in [0.15, 0.2) is 0 Å². The Morgan fingerprint density at radius 1 is 1.75 bits per heavy atom. The minimum absolute atomic E-state index is 0.854. The molecule has 0 amide bonds. The summed E-state index contributed by atoms with van der Waals surface area (Å²) in [6, 6.07) is 0. The van der Waals surface area contributed by atoms with Crippen LogP contribution in [0.3, 0.4) is 0 Å². The summed E-state index contributed by atoms with van der Waals surface area (Å²) in [7, 11) is 0. The first-order valence-corrected chi connectivity index (χ1v) is 3.07. The van der Waals surface area contributed by atoms with Crippen LogP contribution in [0, 0.1) is 0 Å². The van der Waals surface area contributed by atoms with Gasteiger partial charge in [-0.1, -0.05) is 0 Å². The van der Waals surface area contributed by atoms with Crippen LogP contribution >= 0.6 is 0 Å². The molecular weight excluding hydrogens is 128 g/mol. The summed E-state index contributed by atoms with van der Waals surface area (Å²) in [6.45, 7) is 3.54. The van der Waals surface area contributed by atoms with Crippen molar-refractivity contribution < 1.29 is 12.9 Å². The van der Waals surface area contributed by atoms with Gasteiger partial charge in [-0.3, -0.25) is 4.55 Å². The summed E-state index contributed by atoms with van der Waals surface area (Å²) in [5.74, 6) is 0. The second-order valence-corrected chi connectivity index (χ2v) is 2.14. The van der Waals surface area contributed by atoms with E-state index in [1.165, 1.54) is 6.26 Å². The topological polar surface area (TPSA) is 46.5 Å². The van der Waals surface area contributed by atoms with Crippen molar-refractivity contribution in [2.45, 2.75) is 13.8 Å². The summed E-state index contributed by atoms with van der Waals surface area (Å²) in [6.07, 6.45) is 1.23. The molecule has 0 fully saturated rings. The maximum atomic E-state index is 9.75. The lowest BCUT2D eigenvalue weighted by Gasteiger charge is -1.89. The molecule has 1 N–H and O–H groups in total. The van der Waals surface area contributed by atoms with E-state index in [9.17, 15) is 4.21 Å². The smallest absolute Gasteiger partial charge is 0.356 e. The predicted octanol–water partition coefficient (Wildman–Crippen LogP) is 1.06. The van der Waals surface area contributed by atoms with Gasteiger partial charge >= 0.3 is 11.4 Å². The molecule has 1 atom stereocenters. The van der Waals surface area contributed by atoms with E-state index in [4.69, 9.17) is 4.55 Å². The highest BCUT2D eigenvalue weighted by atomic mass is 32.2. The largest absolute Gasteiger partial charge is 0.388 e. The highest BCUT2D eigenvalue weighted by Gasteiger charge is 1.84. The quantitative estimate of drug-likeness (QED) is 0.456. The first-order chi connectivity index (χ1) is 3.63. The molecule has 0 heterocycles. The third-order valence-electron chi connectivity index (χ3n) is 0.366. The maximum Gasteiger partial charge on any atom is 0.356 e. The normalized spacial score (nSPS) is 12.4. The Morgan fingerprint density at radius 3 is 2.38 bits per heavy atom. The summed E-state index contributed by atoms with van der Waals surface area (Å²) in [5.41, 5.74) is 0.854. The van der Waals surface area contributed by atoms with Crippen LogP contribution in [0.2, 0.25) is 0 Å². The average Bonchev–Trinajstić information content (AvgIpc) is 1.61. The molecule has 48 valence electrons. The van der Waals surface area contributed by atoms with Crippen molar-refractivity contribution in [3.05, 3.63) is 11.8 Å². The molecule has 0 aromatic carbocycles. The van der Waals surface area contributed by atoms with E-state index in [0.29, 0.717) is 0 Å². The Hall–Kier alpha value is -0.350. The van der Waals surface area contributed by atoms with Gasteiger partial charge < -0.3 is 4.18 Å². The van der Waals surface area contributed by atoms with E-state index in [1.54, 1.807) is 13.8 Å². The predicted molar refractivity (Wildman–Crippen MR) is 31.3 cm³/mol. The van der Waals surface area contributed by atoms with Gasteiger partial charge in [0.1, 0.15) is 6.26 Å². The third kappa shape index (κ3) is 5.65. The standard InChI is InChI=1S/C4H8O3S/c1-4(2)3-7-8(5)6/h3H,1-2H3,(H,5,6). The van der Waals surface area contributed by atoms with Gasteiger partial charge in [-0.25, -0.2) is 0 Å². The van der Waals surface area contributed by atoms with E-state index in [1.807, 2.05) is 0 Å². The zero-order valence-electron chi connectivity index (χ0n) is 4.75. The van der Waals surface area contributed by atoms with Crippen LogP contribution in [-0.4, -0.2) is 8.76 Å². The molecule has 0 rings (SSSR count). The van der Waals surface area contributed by atoms with Crippen molar-refractivity contribution in [1.29, 1.82) is 0 Å². The van der Waals surface area contributed by atoms with Gasteiger partial charge in [0.25, 0.3) is 0 Å². The minimum atomic E-state index is -2.16. The number of allylic oxidation sites excluding steroid dienone is 1. The van der Waals surface area contributed by atoms with Crippen molar-refractivity contribution in [3.63, 3.8) is 0 Å². The summed E-state index contributed by atoms with van der Waals surface area (Å²) in [5, 5.41) is 0. The Morgan fingerprint density at radius 2 is 2.25 bits per heavy atom. The molecule has 0 aliphatic rings. The molecule has 0 radical (unpaired) electrons. The van der Waals surface area contributed by atoms with Gasteiger partial charge in [-0.15, -0.1) is 0 Å². The van der Waals surface area contributed by atoms with Crippen LogP contribution < -0.4 is 0 Å². The summed E-state index contributed by atoms with van der Waals surface area (Å²) >= 11 is -2.16. The molecule has 0 saturated heterocycles. The van der Waals surface area contributed by atoms with Gasteiger partial charge in [0, 0.05) is 0 Å². The highest BCUT2D eigenvalue weighted by molar-refractivity contribution is 7.74. The SMILES string of the molecule is CC(C)=COS(=O)O. The van der Waals surface area contributed by atoms with E-state index in [2.05, 4.69) is 4.18 Å². The van der Waals surface area contributed by atoms with E-state index >= 15 is 0 Å². The fraction of sp³-hybridized carbons (Fsp3) is 0.500. The fourth-order valence-corrected chi connectivity index (χ4v) is 0.412. The fourth-order valence-electron chi connectivity index (χ4n) is 0.137. The second-order valence-electron chi connectivity index (χ2n) is 1.51. The van der Waals surface area contributed by atoms with Crippen molar-refractivity contribution in [3.8, 4) is 0 Å². The molecule has 0 aromatic heterocycles.